The van der Waals surface area contributed by atoms with E-state index in [-0.39, 0.29) is 17.9 Å². The van der Waals surface area contributed by atoms with Crippen LogP contribution < -0.4 is 10.6 Å². The summed E-state index contributed by atoms with van der Waals surface area (Å²) in [6.07, 6.45) is 0.941. The van der Waals surface area contributed by atoms with Gasteiger partial charge in [-0.3, -0.25) is 0 Å². The summed E-state index contributed by atoms with van der Waals surface area (Å²) in [7, 11) is 1.66. The second-order valence-corrected chi connectivity index (χ2v) is 4.91. The molecule has 19 heavy (non-hydrogen) atoms. The van der Waals surface area contributed by atoms with Gasteiger partial charge in [0.25, 0.3) is 0 Å². The molecule has 0 aliphatic rings. The molecule has 0 bridgehead atoms. The zero-order chi connectivity index (χ0) is 14.4. The normalized spacial score (nSPS) is 14.2. The molecule has 0 fully saturated rings. The van der Waals surface area contributed by atoms with Crippen molar-refractivity contribution in [2.75, 3.05) is 25.2 Å². The number of nitrogens with zero attached hydrogens (tertiary/aromatic N) is 1. The molecule has 0 saturated heterocycles. The molecule has 0 radical (unpaired) electrons. The minimum Gasteiger partial charge on any atom is -0.383 e. The van der Waals surface area contributed by atoms with E-state index in [1.165, 1.54) is 6.07 Å². The molecule has 0 heterocycles. The molecular weight excluding hydrogens is 243 g/mol. The molecule has 0 aliphatic carbocycles. The van der Waals surface area contributed by atoms with Crippen LogP contribution in [0.4, 0.5) is 10.1 Å². The summed E-state index contributed by atoms with van der Waals surface area (Å²) in [6.45, 7) is 7.29. The third-order valence-electron chi connectivity index (χ3n) is 3.45. The highest BCUT2D eigenvalue weighted by molar-refractivity contribution is 5.56. The molecule has 2 atom stereocenters. The van der Waals surface area contributed by atoms with Crippen LogP contribution in [0.25, 0.3) is 0 Å². The molecule has 108 valence electrons. The quantitative estimate of drug-likeness (QED) is 0.826. The number of methoxy groups -OCH3 is 1. The Hall–Kier alpha value is -1.13. The Morgan fingerprint density at radius 2 is 2.05 bits per heavy atom. The van der Waals surface area contributed by atoms with Gasteiger partial charge in [-0.1, -0.05) is 19.1 Å². The van der Waals surface area contributed by atoms with Gasteiger partial charge in [0, 0.05) is 25.7 Å². The first-order valence-electron chi connectivity index (χ1n) is 6.82. The number of nitrogens with two attached hydrogens (primary N) is 1. The minimum absolute atomic E-state index is 0.195. The molecule has 0 aliphatic heterocycles. The fourth-order valence-corrected chi connectivity index (χ4v) is 2.17. The largest absolute Gasteiger partial charge is 0.383 e. The maximum Gasteiger partial charge on any atom is 0.146 e. The monoisotopic (exact) mass is 268 g/mol. The molecule has 4 heteroatoms. The van der Waals surface area contributed by atoms with Crippen LogP contribution in [0.5, 0.6) is 0 Å². The van der Waals surface area contributed by atoms with Gasteiger partial charge in [-0.25, -0.2) is 4.39 Å². The zero-order valence-electron chi connectivity index (χ0n) is 12.3. The van der Waals surface area contributed by atoms with Gasteiger partial charge in [0.1, 0.15) is 5.82 Å². The summed E-state index contributed by atoms with van der Waals surface area (Å²) in [5.74, 6) is -0.216. The lowest BCUT2D eigenvalue weighted by Crippen LogP contribution is -2.37. The Balaban J connectivity index is 3.20. The Bertz CT molecular complexity index is 396. The maximum absolute atomic E-state index is 14.2. The molecule has 1 aromatic rings. The summed E-state index contributed by atoms with van der Waals surface area (Å²) in [4.78, 5) is 2.05. The van der Waals surface area contributed by atoms with Crippen LogP contribution in [-0.4, -0.2) is 26.3 Å². The fraction of sp³-hybridized carbons (Fsp3) is 0.600. The standard InChI is InChI=1S/C15H25FN2O/c1-5-11(2)18(9-10-19-4)15-13(12(3)17)7-6-8-14(15)16/h6-8,11-12H,5,9-10,17H2,1-4H3. The smallest absolute Gasteiger partial charge is 0.146 e. The second-order valence-electron chi connectivity index (χ2n) is 4.91. The van der Waals surface area contributed by atoms with Crippen molar-refractivity contribution in [3.8, 4) is 0 Å². The Morgan fingerprint density at radius 3 is 2.58 bits per heavy atom. The highest BCUT2D eigenvalue weighted by Gasteiger charge is 2.21. The van der Waals surface area contributed by atoms with Gasteiger partial charge in [-0.15, -0.1) is 0 Å². The van der Waals surface area contributed by atoms with Crippen molar-refractivity contribution in [1.29, 1.82) is 0 Å². The second kappa shape index (κ2) is 7.46. The van der Waals surface area contributed by atoms with E-state index in [1.54, 1.807) is 13.2 Å². The number of hydrogen-bond donors (Lipinski definition) is 1. The van der Waals surface area contributed by atoms with E-state index in [0.29, 0.717) is 18.8 Å². The van der Waals surface area contributed by atoms with Crippen molar-refractivity contribution in [1.82, 2.24) is 0 Å². The molecule has 1 aromatic carbocycles. The number of anilines is 1. The van der Waals surface area contributed by atoms with E-state index in [1.807, 2.05) is 13.0 Å². The van der Waals surface area contributed by atoms with Crippen molar-refractivity contribution in [2.24, 2.45) is 5.73 Å². The Morgan fingerprint density at radius 1 is 1.37 bits per heavy atom. The number of rotatable bonds is 7. The highest BCUT2D eigenvalue weighted by atomic mass is 19.1. The molecule has 3 nitrogen and oxygen atoms in total. The van der Waals surface area contributed by atoms with Gasteiger partial charge in [0.05, 0.1) is 12.3 Å². The van der Waals surface area contributed by atoms with Crippen LogP contribution in [-0.2, 0) is 4.74 Å². The number of benzene rings is 1. The van der Waals surface area contributed by atoms with E-state index < -0.39 is 0 Å². The molecule has 0 spiro atoms. The van der Waals surface area contributed by atoms with Gasteiger partial charge < -0.3 is 15.4 Å². The van der Waals surface area contributed by atoms with Crippen molar-refractivity contribution >= 4 is 5.69 Å². The first-order valence-corrected chi connectivity index (χ1v) is 6.82. The summed E-state index contributed by atoms with van der Waals surface area (Å²) >= 11 is 0. The molecule has 2 unspecified atom stereocenters. The van der Waals surface area contributed by atoms with Crippen LogP contribution >= 0.6 is 0 Å². The molecule has 2 N–H and O–H groups in total. The minimum atomic E-state index is -0.216. The number of halogens is 1. The predicted molar refractivity (Wildman–Crippen MR) is 78.0 cm³/mol. The molecule has 0 saturated carbocycles. The van der Waals surface area contributed by atoms with Crippen molar-refractivity contribution in [3.05, 3.63) is 29.6 Å². The van der Waals surface area contributed by atoms with Crippen LogP contribution in [0.2, 0.25) is 0 Å². The lowest BCUT2D eigenvalue weighted by molar-refractivity contribution is 0.203. The molecule has 1 rings (SSSR count). The average molecular weight is 268 g/mol. The molecule has 0 amide bonds. The van der Waals surface area contributed by atoms with E-state index in [4.69, 9.17) is 10.5 Å². The van der Waals surface area contributed by atoms with Gasteiger partial charge in [0.2, 0.25) is 0 Å². The first kappa shape index (κ1) is 15.9. The Kier molecular flexibility index (Phi) is 6.25. The van der Waals surface area contributed by atoms with E-state index in [0.717, 1.165) is 12.0 Å². The summed E-state index contributed by atoms with van der Waals surface area (Å²) < 4.78 is 19.4. The Labute approximate surface area is 115 Å². The summed E-state index contributed by atoms with van der Waals surface area (Å²) in [5.41, 5.74) is 7.43. The lowest BCUT2D eigenvalue weighted by atomic mass is 10.0. The summed E-state index contributed by atoms with van der Waals surface area (Å²) in [5, 5.41) is 0. The third kappa shape index (κ3) is 3.91. The van der Waals surface area contributed by atoms with E-state index in [2.05, 4.69) is 18.7 Å². The average Bonchev–Trinajstić information content (AvgIpc) is 2.39. The van der Waals surface area contributed by atoms with Gasteiger partial charge in [-0.05, 0) is 31.9 Å². The molecular formula is C15H25FN2O. The SMILES string of the molecule is CCC(C)N(CCOC)c1c(F)cccc1C(C)N. The number of para-hydroxylation sites is 1. The number of hydrogen-bond acceptors (Lipinski definition) is 3. The van der Waals surface area contributed by atoms with Gasteiger partial charge >= 0.3 is 0 Å². The van der Waals surface area contributed by atoms with E-state index >= 15 is 0 Å². The maximum atomic E-state index is 14.2. The molecule has 0 aromatic heterocycles. The number of ether oxygens (including phenoxy) is 1. The predicted octanol–water partition coefficient (Wildman–Crippen LogP) is 3.10. The summed E-state index contributed by atoms with van der Waals surface area (Å²) in [6, 6.07) is 5.14. The van der Waals surface area contributed by atoms with Crippen LogP contribution in [0.3, 0.4) is 0 Å². The lowest BCUT2D eigenvalue weighted by Gasteiger charge is -2.33. The fourth-order valence-electron chi connectivity index (χ4n) is 2.17. The van der Waals surface area contributed by atoms with E-state index in [9.17, 15) is 4.39 Å². The highest BCUT2D eigenvalue weighted by Crippen LogP contribution is 2.30. The van der Waals surface area contributed by atoms with Gasteiger partial charge in [-0.2, -0.15) is 0 Å². The third-order valence-corrected chi connectivity index (χ3v) is 3.45. The van der Waals surface area contributed by atoms with Crippen LogP contribution in [0, 0.1) is 5.82 Å². The van der Waals surface area contributed by atoms with Crippen molar-refractivity contribution in [3.63, 3.8) is 0 Å². The first-order chi connectivity index (χ1) is 9.02. The van der Waals surface area contributed by atoms with Crippen molar-refractivity contribution < 1.29 is 9.13 Å². The topological polar surface area (TPSA) is 38.5 Å². The zero-order valence-corrected chi connectivity index (χ0v) is 12.3. The van der Waals surface area contributed by atoms with Crippen LogP contribution in [0.1, 0.15) is 38.8 Å². The van der Waals surface area contributed by atoms with Crippen molar-refractivity contribution in [2.45, 2.75) is 39.3 Å². The van der Waals surface area contributed by atoms with Crippen LogP contribution in [0.15, 0.2) is 18.2 Å². The van der Waals surface area contributed by atoms with Gasteiger partial charge in [0.15, 0.2) is 0 Å².